The molecule has 2 heteroatoms. The van der Waals surface area contributed by atoms with Crippen LogP contribution in [0.4, 0.5) is 0 Å². The molecule has 2 rings (SSSR count). The van der Waals surface area contributed by atoms with Crippen molar-refractivity contribution < 1.29 is 35.7 Å². The molecule has 0 amide bonds. The molecule has 0 fully saturated rings. The van der Waals surface area contributed by atoms with Gasteiger partial charge >= 0.3 is 29.6 Å². The number of ether oxygens (including phenoxy) is 1. The van der Waals surface area contributed by atoms with Crippen LogP contribution in [0.2, 0.25) is 0 Å². The Kier molecular flexibility index (Phi) is 26.5. The third-order valence-corrected chi connectivity index (χ3v) is 6.17. The van der Waals surface area contributed by atoms with Crippen molar-refractivity contribution >= 4 is 0 Å². The van der Waals surface area contributed by atoms with Gasteiger partial charge in [0.15, 0.2) is 0 Å². The molecule has 0 aliphatic rings. The van der Waals surface area contributed by atoms with Gasteiger partial charge in [0.2, 0.25) is 0 Å². The predicted octanol–water partition coefficient (Wildman–Crippen LogP) is 7.75. The SMILES string of the molecule is CCCCCCCCCCOCCCCCCCCCC.[H-].[Na+].c1ccc(-c2ccccc2)cc1. The number of hydrogen-bond donors (Lipinski definition) is 0. The van der Waals surface area contributed by atoms with Crippen molar-refractivity contribution in [1.29, 1.82) is 0 Å². The molecule has 0 N–H and O–H groups in total. The monoisotopic (exact) mass is 476 g/mol. The van der Waals surface area contributed by atoms with Crippen LogP contribution in [-0.4, -0.2) is 13.2 Å². The Morgan fingerprint density at radius 1 is 0.441 bits per heavy atom. The number of hydrogen-bond acceptors (Lipinski definition) is 1. The zero-order chi connectivity index (χ0) is 23.7. The van der Waals surface area contributed by atoms with Crippen molar-refractivity contribution in [2.24, 2.45) is 0 Å². The van der Waals surface area contributed by atoms with Gasteiger partial charge in [-0.25, -0.2) is 0 Å². The van der Waals surface area contributed by atoms with Crippen LogP contribution < -0.4 is 29.6 Å². The van der Waals surface area contributed by atoms with Gasteiger partial charge in [0.25, 0.3) is 0 Å². The van der Waals surface area contributed by atoms with Crippen LogP contribution in [-0.2, 0) is 4.74 Å². The number of unbranched alkanes of at least 4 members (excludes halogenated alkanes) is 14. The predicted molar refractivity (Wildman–Crippen MR) is 149 cm³/mol. The molecule has 0 atom stereocenters. The second-order valence-corrected chi connectivity index (χ2v) is 9.29. The van der Waals surface area contributed by atoms with E-state index in [1.165, 1.54) is 114 Å². The molecular formula is C32H53NaO. The summed E-state index contributed by atoms with van der Waals surface area (Å²) in [6.45, 7) is 6.55. The summed E-state index contributed by atoms with van der Waals surface area (Å²) < 4.78 is 5.72. The number of benzene rings is 2. The standard InChI is InChI=1S/C20H42O.C12H10.Na.H/c1-3-5-7-9-11-13-15-17-19-21-20-18-16-14-12-10-8-6-4-2;1-3-7-11(8-4-1)12-9-5-2-6-10-12;;/h3-20H2,1-2H3;1-10H;;/q;;+1;-1. The normalized spacial score (nSPS) is 10.3. The largest absolute Gasteiger partial charge is 1.00 e. The topological polar surface area (TPSA) is 9.23 Å². The minimum absolute atomic E-state index is 0. The van der Waals surface area contributed by atoms with Gasteiger partial charge in [-0.05, 0) is 24.0 Å². The van der Waals surface area contributed by atoms with E-state index < -0.39 is 0 Å². The maximum atomic E-state index is 5.72. The van der Waals surface area contributed by atoms with Crippen LogP contribution in [0.25, 0.3) is 11.1 Å². The Morgan fingerprint density at radius 3 is 1.06 bits per heavy atom. The van der Waals surface area contributed by atoms with Crippen LogP contribution in [0.1, 0.15) is 118 Å². The smallest absolute Gasteiger partial charge is 1.00 e. The van der Waals surface area contributed by atoms with Crippen LogP contribution in [0.15, 0.2) is 60.7 Å². The summed E-state index contributed by atoms with van der Waals surface area (Å²) in [6.07, 6.45) is 22.2. The second-order valence-electron chi connectivity index (χ2n) is 9.29. The van der Waals surface area contributed by atoms with Crippen LogP contribution in [0.5, 0.6) is 0 Å². The molecule has 0 aliphatic heterocycles. The van der Waals surface area contributed by atoms with Crippen molar-refractivity contribution in [3.63, 3.8) is 0 Å². The Hall–Kier alpha value is -0.600. The Labute approximate surface area is 236 Å². The summed E-state index contributed by atoms with van der Waals surface area (Å²) in [5, 5.41) is 0. The van der Waals surface area contributed by atoms with Gasteiger partial charge < -0.3 is 6.16 Å². The van der Waals surface area contributed by atoms with E-state index in [1.54, 1.807) is 0 Å². The van der Waals surface area contributed by atoms with Crippen LogP contribution >= 0.6 is 0 Å². The first kappa shape index (κ1) is 33.4. The zero-order valence-electron chi connectivity index (χ0n) is 23.9. The molecule has 0 spiro atoms. The molecule has 34 heavy (non-hydrogen) atoms. The van der Waals surface area contributed by atoms with E-state index in [9.17, 15) is 0 Å². The molecule has 2 aromatic carbocycles. The van der Waals surface area contributed by atoms with Crippen molar-refractivity contribution in [2.45, 2.75) is 117 Å². The zero-order valence-corrected chi connectivity index (χ0v) is 24.9. The van der Waals surface area contributed by atoms with Gasteiger partial charge in [0.05, 0.1) is 0 Å². The summed E-state index contributed by atoms with van der Waals surface area (Å²) in [4.78, 5) is 0. The number of rotatable bonds is 19. The van der Waals surface area contributed by atoms with Crippen molar-refractivity contribution in [3.8, 4) is 11.1 Å². The van der Waals surface area contributed by atoms with E-state index in [4.69, 9.17) is 4.74 Å². The molecule has 1 nitrogen and oxygen atoms in total. The first-order chi connectivity index (χ1) is 16.4. The average molecular weight is 477 g/mol. The summed E-state index contributed by atoms with van der Waals surface area (Å²) in [6, 6.07) is 20.8. The van der Waals surface area contributed by atoms with Gasteiger partial charge in [-0.15, -0.1) is 0 Å². The van der Waals surface area contributed by atoms with Gasteiger partial charge in [-0.3, -0.25) is 0 Å². The van der Waals surface area contributed by atoms with E-state index in [0.717, 1.165) is 13.2 Å². The van der Waals surface area contributed by atoms with E-state index in [0.29, 0.717) is 0 Å². The van der Waals surface area contributed by atoms with Gasteiger partial charge in [-0.2, -0.15) is 0 Å². The van der Waals surface area contributed by atoms with E-state index >= 15 is 0 Å². The minimum Gasteiger partial charge on any atom is -1.00 e. The summed E-state index contributed by atoms with van der Waals surface area (Å²) in [7, 11) is 0. The van der Waals surface area contributed by atoms with Gasteiger partial charge in [-0.1, -0.05) is 164 Å². The fourth-order valence-corrected chi connectivity index (χ4v) is 4.04. The Balaban J connectivity index is 0. The third-order valence-electron chi connectivity index (χ3n) is 6.17. The molecule has 0 aliphatic carbocycles. The summed E-state index contributed by atoms with van der Waals surface area (Å²) in [5.74, 6) is 0. The maximum absolute atomic E-state index is 5.72. The molecule has 0 heterocycles. The van der Waals surface area contributed by atoms with Crippen LogP contribution in [0, 0.1) is 0 Å². The first-order valence-electron chi connectivity index (χ1n) is 14.1. The molecule has 0 saturated carbocycles. The maximum Gasteiger partial charge on any atom is 1.00 e. The summed E-state index contributed by atoms with van der Waals surface area (Å²) >= 11 is 0. The minimum atomic E-state index is 0. The molecule has 188 valence electrons. The first-order valence-corrected chi connectivity index (χ1v) is 14.1. The average Bonchev–Trinajstić information content (AvgIpc) is 2.87. The third kappa shape index (κ3) is 20.7. The fourth-order valence-electron chi connectivity index (χ4n) is 4.04. The van der Waals surface area contributed by atoms with Crippen molar-refractivity contribution in [3.05, 3.63) is 60.7 Å². The summed E-state index contributed by atoms with van der Waals surface area (Å²) in [5.41, 5.74) is 2.55. The van der Waals surface area contributed by atoms with Crippen molar-refractivity contribution in [2.75, 3.05) is 13.2 Å². The molecule has 2 aromatic rings. The Bertz CT molecular complexity index is 564. The molecule has 0 radical (unpaired) electrons. The quantitative estimate of drug-likeness (QED) is 0.149. The fraction of sp³-hybridized carbons (Fsp3) is 0.625. The Morgan fingerprint density at radius 2 is 0.735 bits per heavy atom. The van der Waals surface area contributed by atoms with Gasteiger partial charge in [0, 0.05) is 13.2 Å². The molecular weight excluding hydrogens is 423 g/mol. The van der Waals surface area contributed by atoms with E-state index in [2.05, 4.69) is 62.4 Å². The molecule has 0 aromatic heterocycles. The molecule has 0 bridgehead atoms. The molecule has 0 unspecified atom stereocenters. The molecule has 0 saturated heterocycles. The van der Waals surface area contributed by atoms with Gasteiger partial charge in [0.1, 0.15) is 0 Å². The van der Waals surface area contributed by atoms with E-state index in [-0.39, 0.29) is 31.0 Å². The second kappa shape index (κ2) is 27.0. The van der Waals surface area contributed by atoms with E-state index in [1.807, 2.05) is 12.1 Å². The van der Waals surface area contributed by atoms with Crippen molar-refractivity contribution in [1.82, 2.24) is 0 Å². The van der Waals surface area contributed by atoms with Crippen LogP contribution in [0.3, 0.4) is 0 Å².